The monoisotopic (exact) mass is 563 g/mol. The summed E-state index contributed by atoms with van der Waals surface area (Å²) in [5.74, 6) is -0.576. The van der Waals surface area contributed by atoms with E-state index in [1.807, 2.05) is 60.7 Å². The number of carboxylic acids is 1. The predicted molar refractivity (Wildman–Crippen MR) is 157 cm³/mol. The summed E-state index contributed by atoms with van der Waals surface area (Å²) in [6.07, 6.45) is 3.34. The van der Waals surface area contributed by atoms with Crippen LogP contribution in [0.4, 0.5) is 5.69 Å². The lowest BCUT2D eigenvalue weighted by atomic mass is 9.98. The normalized spacial score (nSPS) is 11.3. The Labute approximate surface area is 239 Å². The van der Waals surface area contributed by atoms with Crippen LogP contribution in [0.3, 0.4) is 0 Å². The van der Waals surface area contributed by atoms with Crippen molar-refractivity contribution >= 4 is 22.6 Å². The average Bonchev–Trinajstić information content (AvgIpc) is 3.01. The Bertz CT molecular complexity index is 1860. The zero-order chi connectivity index (χ0) is 29.6. The van der Waals surface area contributed by atoms with E-state index >= 15 is 0 Å². The first-order chi connectivity index (χ1) is 20.3. The molecule has 10 heteroatoms. The number of hydrogen-bond acceptors (Lipinski definition) is 6. The van der Waals surface area contributed by atoms with Gasteiger partial charge in [-0.3, -0.25) is 19.5 Å². The maximum absolute atomic E-state index is 14.1. The van der Waals surface area contributed by atoms with Crippen molar-refractivity contribution in [2.45, 2.75) is 12.6 Å². The van der Waals surface area contributed by atoms with Gasteiger partial charge in [0.2, 0.25) is 0 Å². The lowest BCUT2D eigenvalue weighted by Crippen LogP contribution is -2.43. The SMILES string of the molecule is O=C(O)c1ccc(OC/C=C/Cn2c(=O)n(C(c3ccccc3)c3ccccc3)c(=O)c3ccc([N+](=O)[O-])cc32)cc1. The molecule has 0 atom stereocenters. The highest BCUT2D eigenvalue weighted by Crippen LogP contribution is 2.26. The van der Waals surface area contributed by atoms with Crippen LogP contribution < -0.4 is 16.0 Å². The van der Waals surface area contributed by atoms with Crippen LogP contribution in [0.1, 0.15) is 27.5 Å². The van der Waals surface area contributed by atoms with E-state index in [1.165, 1.54) is 51.6 Å². The van der Waals surface area contributed by atoms with Gasteiger partial charge in [-0.25, -0.2) is 14.2 Å². The van der Waals surface area contributed by atoms with Crippen LogP contribution >= 0.6 is 0 Å². The topological polar surface area (TPSA) is 134 Å². The van der Waals surface area contributed by atoms with E-state index in [0.29, 0.717) is 5.75 Å². The zero-order valence-electron chi connectivity index (χ0n) is 22.2. The number of carboxylic acid groups (broad SMARTS) is 1. The van der Waals surface area contributed by atoms with Crippen LogP contribution in [0.2, 0.25) is 0 Å². The summed E-state index contributed by atoms with van der Waals surface area (Å²) in [6.45, 7) is 0.129. The number of benzene rings is 4. The Balaban J connectivity index is 1.57. The number of aromatic nitrogens is 2. The van der Waals surface area contributed by atoms with Gasteiger partial charge in [0.15, 0.2) is 0 Å². The van der Waals surface area contributed by atoms with Gasteiger partial charge in [-0.2, -0.15) is 0 Å². The quantitative estimate of drug-likeness (QED) is 0.143. The number of nitro benzene ring substituents is 1. The van der Waals surface area contributed by atoms with E-state index in [-0.39, 0.29) is 35.3 Å². The summed E-state index contributed by atoms with van der Waals surface area (Å²) in [6, 6.07) is 27.4. The first-order valence-electron chi connectivity index (χ1n) is 13.0. The molecular weight excluding hydrogens is 538 g/mol. The molecular formula is C32H25N3O7. The molecule has 0 saturated heterocycles. The van der Waals surface area contributed by atoms with Gasteiger partial charge in [0, 0.05) is 18.7 Å². The van der Waals surface area contributed by atoms with Crippen molar-refractivity contribution in [3.8, 4) is 5.75 Å². The minimum Gasteiger partial charge on any atom is -0.490 e. The fourth-order valence-electron chi connectivity index (χ4n) is 4.74. The first-order valence-corrected chi connectivity index (χ1v) is 13.0. The highest BCUT2D eigenvalue weighted by Gasteiger charge is 2.24. The molecule has 0 fully saturated rings. The second kappa shape index (κ2) is 12.2. The van der Waals surface area contributed by atoms with Crippen molar-refractivity contribution < 1.29 is 19.6 Å². The number of ether oxygens (including phenoxy) is 1. The van der Waals surface area contributed by atoms with Crippen molar-refractivity contribution in [3.05, 3.63) is 163 Å². The molecule has 0 saturated carbocycles. The molecule has 0 aliphatic rings. The van der Waals surface area contributed by atoms with Crippen molar-refractivity contribution in [1.29, 1.82) is 0 Å². The number of fused-ring (bicyclic) bond motifs is 1. The van der Waals surface area contributed by atoms with E-state index in [4.69, 9.17) is 9.84 Å². The summed E-state index contributed by atoms with van der Waals surface area (Å²) in [7, 11) is 0. The Kier molecular flexibility index (Phi) is 8.05. The molecule has 210 valence electrons. The fraction of sp³-hybridized carbons (Fsp3) is 0.0938. The van der Waals surface area contributed by atoms with E-state index in [2.05, 4.69) is 0 Å². The molecule has 10 nitrogen and oxygen atoms in total. The Hall–Kier alpha value is -5.77. The maximum Gasteiger partial charge on any atom is 0.335 e. The largest absolute Gasteiger partial charge is 0.490 e. The molecule has 0 aliphatic heterocycles. The highest BCUT2D eigenvalue weighted by molar-refractivity contribution is 5.87. The van der Waals surface area contributed by atoms with Crippen molar-refractivity contribution in [1.82, 2.24) is 9.13 Å². The molecule has 1 aromatic heterocycles. The Morgan fingerprint density at radius 2 is 1.50 bits per heavy atom. The third-order valence-corrected chi connectivity index (χ3v) is 6.76. The van der Waals surface area contributed by atoms with Gasteiger partial charge in [-0.05, 0) is 47.5 Å². The standard InChI is InChI=1S/C32H25N3O7/c36-30-27-18-15-25(35(40)41)21-28(27)33(19-7-8-20-42-26-16-13-24(14-17-26)31(37)38)32(39)34(30)29(22-9-3-1-4-10-22)23-11-5-2-6-12-23/h1-18,21,29H,19-20H2,(H,37,38)/b8-7+. The molecule has 0 aliphatic carbocycles. The van der Waals surface area contributed by atoms with E-state index in [0.717, 1.165) is 11.1 Å². The van der Waals surface area contributed by atoms with Crippen LogP contribution in [-0.4, -0.2) is 31.7 Å². The molecule has 0 spiro atoms. The van der Waals surface area contributed by atoms with Gasteiger partial charge in [0.1, 0.15) is 12.4 Å². The Morgan fingerprint density at radius 1 is 0.881 bits per heavy atom. The number of nitro groups is 1. The summed E-state index contributed by atoms with van der Waals surface area (Å²) in [4.78, 5) is 50.0. The smallest absolute Gasteiger partial charge is 0.335 e. The fourth-order valence-corrected chi connectivity index (χ4v) is 4.74. The minimum atomic E-state index is -1.04. The zero-order valence-corrected chi connectivity index (χ0v) is 22.2. The second-order valence-corrected chi connectivity index (χ2v) is 9.36. The van der Waals surface area contributed by atoms with Gasteiger partial charge in [-0.15, -0.1) is 0 Å². The Morgan fingerprint density at radius 3 is 2.07 bits per heavy atom. The van der Waals surface area contributed by atoms with Crippen LogP contribution in [0, 0.1) is 10.1 Å². The summed E-state index contributed by atoms with van der Waals surface area (Å²) in [5, 5.41) is 20.7. The number of aromatic carboxylic acids is 1. The lowest BCUT2D eigenvalue weighted by Gasteiger charge is -2.22. The molecule has 5 aromatic rings. The van der Waals surface area contributed by atoms with Crippen LogP contribution in [0.5, 0.6) is 5.75 Å². The van der Waals surface area contributed by atoms with Crippen molar-refractivity contribution in [2.75, 3.05) is 6.61 Å². The van der Waals surface area contributed by atoms with E-state index < -0.39 is 28.2 Å². The van der Waals surface area contributed by atoms with Crippen LogP contribution in [0.15, 0.2) is 125 Å². The molecule has 1 heterocycles. The van der Waals surface area contributed by atoms with Gasteiger partial charge < -0.3 is 9.84 Å². The van der Waals surface area contributed by atoms with Crippen LogP contribution in [0.25, 0.3) is 10.9 Å². The van der Waals surface area contributed by atoms with Gasteiger partial charge in [0.25, 0.3) is 11.2 Å². The van der Waals surface area contributed by atoms with Gasteiger partial charge in [-0.1, -0.05) is 66.7 Å². The van der Waals surface area contributed by atoms with E-state index in [9.17, 15) is 24.5 Å². The number of allylic oxidation sites excluding steroid dienone is 1. The number of non-ortho nitro benzene ring substituents is 1. The molecule has 1 N–H and O–H groups in total. The third-order valence-electron chi connectivity index (χ3n) is 6.76. The summed E-state index contributed by atoms with van der Waals surface area (Å²) >= 11 is 0. The highest BCUT2D eigenvalue weighted by atomic mass is 16.6. The second-order valence-electron chi connectivity index (χ2n) is 9.36. The van der Waals surface area contributed by atoms with Crippen molar-refractivity contribution in [2.24, 2.45) is 0 Å². The molecule has 42 heavy (non-hydrogen) atoms. The van der Waals surface area contributed by atoms with Gasteiger partial charge >= 0.3 is 11.7 Å². The number of carbonyl (C=O) groups is 1. The molecule has 0 unspecified atom stereocenters. The molecule has 0 bridgehead atoms. The number of rotatable bonds is 10. The minimum absolute atomic E-state index is 0.00833. The molecule has 5 rings (SSSR count). The summed E-state index contributed by atoms with van der Waals surface area (Å²) < 4.78 is 8.15. The molecule has 0 radical (unpaired) electrons. The van der Waals surface area contributed by atoms with Gasteiger partial charge in [0.05, 0.1) is 27.4 Å². The maximum atomic E-state index is 14.1. The summed E-state index contributed by atoms with van der Waals surface area (Å²) in [5.41, 5.74) is 0.314. The van der Waals surface area contributed by atoms with E-state index in [1.54, 1.807) is 12.2 Å². The average molecular weight is 564 g/mol. The van der Waals surface area contributed by atoms with Crippen molar-refractivity contribution in [3.63, 3.8) is 0 Å². The lowest BCUT2D eigenvalue weighted by molar-refractivity contribution is -0.384. The molecule has 0 amide bonds. The number of nitrogens with zero attached hydrogens (tertiary/aromatic N) is 3. The first kappa shape index (κ1) is 27.8. The third kappa shape index (κ3) is 5.73. The predicted octanol–water partition coefficient (Wildman–Crippen LogP) is 5.04. The molecule has 4 aromatic carbocycles. The number of hydrogen-bond donors (Lipinski definition) is 1. The van der Waals surface area contributed by atoms with Crippen LogP contribution in [-0.2, 0) is 6.54 Å².